The third-order valence-corrected chi connectivity index (χ3v) is 3.80. The number of hydrogen-bond donors (Lipinski definition) is 1. The average molecular weight is 284 g/mol. The molecule has 0 fully saturated rings. The van der Waals surface area contributed by atoms with E-state index in [2.05, 4.69) is 40.7 Å². The minimum absolute atomic E-state index is 0.686. The van der Waals surface area contributed by atoms with E-state index in [-0.39, 0.29) is 0 Å². The topological polar surface area (TPSA) is 29.9 Å². The van der Waals surface area contributed by atoms with Gasteiger partial charge in [0.25, 0.3) is 0 Å². The quantitative estimate of drug-likeness (QED) is 0.728. The van der Waals surface area contributed by atoms with Crippen LogP contribution in [0.25, 0.3) is 16.7 Å². The number of nitrogens with one attached hydrogen (secondary N) is 1. The molecule has 2 aromatic carbocycles. The molecule has 3 nitrogen and oxygen atoms in total. The number of hydrogen-bond acceptors (Lipinski definition) is 2. The summed E-state index contributed by atoms with van der Waals surface area (Å²) in [7, 11) is 1.67. The van der Waals surface area contributed by atoms with Gasteiger partial charge in [-0.3, -0.25) is 4.57 Å². The van der Waals surface area contributed by atoms with Crippen LogP contribution in [-0.2, 0) is 6.42 Å². The van der Waals surface area contributed by atoms with Crippen molar-refractivity contribution in [1.82, 2.24) is 9.55 Å². The molecule has 1 aromatic heterocycles. The van der Waals surface area contributed by atoms with Crippen molar-refractivity contribution in [3.05, 3.63) is 52.8 Å². The second-order valence-electron chi connectivity index (χ2n) is 4.60. The highest BCUT2D eigenvalue weighted by molar-refractivity contribution is 7.71. The standard InChI is InChI=1S/C16H16N2OS/c1-3-11-7-4-5-8-12(11)18-13-9-6-10-14(19-2)15(13)17-16(18)20/h4-10H,3H2,1-2H3,(H,17,20). The van der Waals surface area contributed by atoms with E-state index >= 15 is 0 Å². The summed E-state index contributed by atoms with van der Waals surface area (Å²) in [5.41, 5.74) is 4.37. The predicted octanol–water partition coefficient (Wildman–Crippen LogP) is 4.26. The molecule has 20 heavy (non-hydrogen) atoms. The van der Waals surface area contributed by atoms with Gasteiger partial charge in [0.2, 0.25) is 0 Å². The fourth-order valence-electron chi connectivity index (χ4n) is 2.54. The van der Waals surface area contributed by atoms with E-state index in [1.807, 2.05) is 18.2 Å². The summed E-state index contributed by atoms with van der Waals surface area (Å²) in [4.78, 5) is 3.25. The number of methoxy groups -OCH3 is 1. The Hall–Kier alpha value is -2.07. The van der Waals surface area contributed by atoms with Crippen molar-refractivity contribution < 1.29 is 4.74 Å². The van der Waals surface area contributed by atoms with Crippen molar-refractivity contribution in [2.45, 2.75) is 13.3 Å². The first-order valence-corrected chi connectivity index (χ1v) is 7.03. The third kappa shape index (κ3) is 1.93. The van der Waals surface area contributed by atoms with Crippen LogP contribution in [0.15, 0.2) is 42.5 Å². The van der Waals surface area contributed by atoms with Crippen molar-refractivity contribution in [2.75, 3.05) is 7.11 Å². The minimum Gasteiger partial charge on any atom is -0.494 e. The largest absolute Gasteiger partial charge is 0.494 e. The number of para-hydroxylation sites is 2. The number of ether oxygens (including phenoxy) is 1. The molecule has 0 saturated carbocycles. The van der Waals surface area contributed by atoms with Crippen LogP contribution in [0.2, 0.25) is 0 Å². The number of benzene rings is 2. The molecular formula is C16H16N2OS. The molecule has 0 radical (unpaired) electrons. The van der Waals surface area contributed by atoms with Gasteiger partial charge in [-0.15, -0.1) is 0 Å². The number of rotatable bonds is 3. The summed E-state index contributed by atoms with van der Waals surface area (Å²) in [6.45, 7) is 2.15. The Morgan fingerprint density at radius 2 is 1.95 bits per heavy atom. The lowest BCUT2D eigenvalue weighted by Gasteiger charge is -2.10. The number of nitrogens with zero attached hydrogens (tertiary/aromatic N) is 1. The summed E-state index contributed by atoms with van der Waals surface area (Å²) in [6.07, 6.45) is 0.967. The van der Waals surface area contributed by atoms with Gasteiger partial charge in [0.1, 0.15) is 11.3 Å². The summed E-state index contributed by atoms with van der Waals surface area (Å²) >= 11 is 5.50. The predicted molar refractivity (Wildman–Crippen MR) is 84.4 cm³/mol. The number of fused-ring (bicyclic) bond motifs is 1. The zero-order valence-corrected chi connectivity index (χ0v) is 12.3. The summed E-state index contributed by atoms with van der Waals surface area (Å²) < 4.78 is 8.16. The average Bonchev–Trinajstić information content (AvgIpc) is 2.82. The molecule has 3 aromatic rings. The van der Waals surface area contributed by atoms with Gasteiger partial charge in [-0.1, -0.05) is 31.2 Å². The molecule has 0 amide bonds. The fourth-order valence-corrected chi connectivity index (χ4v) is 2.84. The van der Waals surface area contributed by atoms with Crippen molar-refractivity contribution in [1.29, 1.82) is 0 Å². The highest BCUT2D eigenvalue weighted by Crippen LogP contribution is 2.28. The summed E-state index contributed by atoms with van der Waals surface area (Å²) in [5, 5.41) is 0. The molecule has 102 valence electrons. The van der Waals surface area contributed by atoms with Crippen LogP contribution in [0.1, 0.15) is 12.5 Å². The Bertz CT molecular complexity index is 817. The van der Waals surface area contributed by atoms with Crippen molar-refractivity contribution >= 4 is 23.3 Å². The fraction of sp³-hybridized carbons (Fsp3) is 0.188. The number of aromatic nitrogens is 2. The Balaban J connectivity index is 2.37. The van der Waals surface area contributed by atoms with E-state index in [1.165, 1.54) is 5.56 Å². The Morgan fingerprint density at radius 3 is 2.70 bits per heavy atom. The van der Waals surface area contributed by atoms with E-state index in [1.54, 1.807) is 7.11 Å². The zero-order valence-electron chi connectivity index (χ0n) is 11.5. The molecule has 0 unspecified atom stereocenters. The number of H-pyrrole nitrogens is 1. The Labute approximate surface area is 122 Å². The molecule has 4 heteroatoms. The van der Waals surface area contributed by atoms with E-state index in [4.69, 9.17) is 17.0 Å². The Kier molecular flexibility index (Phi) is 3.32. The maximum absolute atomic E-state index is 5.50. The molecule has 3 rings (SSSR count). The van der Waals surface area contributed by atoms with E-state index in [0.717, 1.165) is 28.9 Å². The van der Waals surface area contributed by atoms with Crippen LogP contribution in [0, 0.1) is 4.77 Å². The molecule has 0 saturated heterocycles. The van der Waals surface area contributed by atoms with Gasteiger partial charge in [-0.2, -0.15) is 0 Å². The van der Waals surface area contributed by atoms with Crippen molar-refractivity contribution in [3.8, 4) is 11.4 Å². The van der Waals surface area contributed by atoms with Crippen LogP contribution in [-0.4, -0.2) is 16.7 Å². The molecular weight excluding hydrogens is 268 g/mol. The molecule has 1 N–H and O–H groups in total. The van der Waals surface area contributed by atoms with Crippen LogP contribution in [0.4, 0.5) is 0 Å². The normalized spacial score (nSPS) is 10.9. The van der Waals surface area contributed by atoms with Gasteiger partial charge >= 0.3 is 0 Å². The first kappa shape index (κ1) is 12.9. The molecule has 1 heterocycles. The van der Waals surface area contributed by atoms with Crippen LogP contribution in [0.3, 0.4) is 0 Å². The van der Waals surface area contributed by atoms with E-state index in [9.17, 15) is 0 Å². The molecule has 0 bridgehead atoms. The summed E-state index contributed by atoms with van der Waals surface area (Å²) in [6, 6.07) is 14.3. The Morgan fingerprint density at radius 1 is 1.15 bits per heavy atom. The lowest BCUT2D eigenvalue weighted by Crippen LogP contribution is -1.98. The lowest BCUT2D eigenvalue weighted by molar-refractivity contribution is 0.419. The maximum atomic E-state index is 5.50. The third-order valence-electron chi connectivity index (χ3n) is 3.51. The maximum Gasteiger partial charge on any atom is 0.182 e. The molecule has 0 atom stereocenters. The SMILES string of the molecule is CCc1ccccc1-n1c(=S)[nH]c2c(OC)cccc21. The van der Waals surface area contributed by atoms with E-state index < -0.39 is 0 Å². The highest BCUT2D eigenvalue weighted by atomic mass is 32.1. The first-order chi connectivity index (χ1) is 9.76. The van der Waals surface area contributed by atoms with Gasteiger partial charge in [-0.05, 0) is 42.4 Å². The molecule has 0 aliphatic rings. The second kappa shape index (κ2) is 5.13. The van der Waals surface area contributed by atoms with Crippen LogP contribution in [0.5, 0.6) is 5.75 Å². The van der Waals surface area contributed by atoms with Gasteiger partial charge in [0.15, 0.2) is 4.77 Å². The zero-order chi connectivity index (χ0) is 14.1. The second-order valence-corrected chi connectivity index (χ2v) is 4.99. The minimum atomic E-state index is 0.686. The number of aryl methyl sites for hydroxylation is 1. The molecule has 0 aliphatic heterocycles. The van der Waals surface area contributed by atoms with Crippen molar-refractivity contribution in [2.24, 2.45) is 0 Å². The van der Waals surface area contributed by atoms with Gasteiger partial charge in [-0.25, -0.2) is 0 Å². The van der Waals surface area contributed by atoms with E-state index in [0.29, 0.717) is 4.77 Å². The monoisotopic (exact) mass is 284 g/mol. The molecule has 0 aliphatic carbocycles. The van der Waals surface area contributed by atoms with Gasteiger partial charge in [0.05, 0.1) is 18.3 Å². The van der Waals surface area contributed by atoms with Crippen LogP contribution < -0.4 is 4.74 Å². The highest BCUT2D eigenvalue weighted by Gasteiger charge is 2.11. The number of aromatic amines is 1. The summed E-state index contributed by atoms with van der Waals surface area (Å²) in [5.74, 6) is 0.807. The number of imidazole rings is 1. The lowest BCUT2D eigenvalue weighted by atomic mass is 10.1. The smallest absolute Gasteiger partial charge is 0.182 e. The first-order valence-electron chi connectivity index (χ1n) is 6.62. The van der Waals surface area contributed by atoms with Crippen molar-refractivity contribution in [3.63, 3.8) is 0 Å². The molecule has 0 spiro atoms. The van der Waals surface area contributed by atoms with Gasteiger partial charge < -0.3 is 9.72 Å². The van der Waals surface area contributed by atoms with Gasteiger partial charge in [0, 0.05) is 0 Å². The van der Waals surface area contributed by atoms with Crippen LogP contribution >= 0.6 is 12.2 Å².